The number of ether oxygens (including phenoxy) is 1. The number of hydrogen-bond acceptors (Lipinski definition) is 3. The number of aryl methyl sites for hydroxylation is 1. The number of oxime groups is 1. The highest BCUT2D eigenvalue weighted by Crippen LogP contribution is 2.24. The monoisotopic (exact) mass is 250 g/mol. The van der Waals surface area contributed by atoms with E-state index in [-0.39, 0.29) is 11.3 Å². The van der Waals surface area contributed by atoms with Gasteiger partial charge in [0.2, 0.25) is 0 Å². The molecule has 1 rings (SSSR count). The van der Waals surface area contributed by atoms with Crippen molar-refractivity contribution in [3.63, 3.8) is 0 Å². The van der Waals surface area contributed by atoms with Crippen molar-refractivity contribution in [3.8, 4) is 5.75 Å². The molecule has 0 fully saturated rings. The number of nitrogens with two attached hydrogens (primary N) is 1. The van der Waals surface area contributed by atoms with Gasteiger partial charge in [-0.1, -0.05) is 31.1 Å². The molecule has 0 atom stereocenters. The normalized spacial score (nSPS) is 12.6. The van der Waals surface area contributed by atoms with E-state index in [1.165, 1.54) is 5.56 Å². The molecule has 0 heterocycles. The third-order valence-electron chi connectivity index (χ3n) is 3.34. The fraction of sp³-hybridized carbons (Fsp3) is 0.500. The minimum atomic E-state index is -0.369. The van der Waals surface area contributed by atoms with E-state index in [0.717, 1.165) is 11.3 Å². The van der Waals surface area contributed by atoms with E-state index >= 15 is 0 Å². The molecule has 0 bridgehead atoms. The summed E-state index contributed by atoms with van der Waals surface area (Å²) >= 11 is 0. The van der Waals surface area contributed by atoms with Crippen molar-refractivity contribution in [2.24, 2.45) is 16.3 Å². The smallest absolute Gasteiger partial charge is 0.144 e. The van der Waals surface area contributed by atoms with Gasteiger partial charge in [-0.2, -0.15) is 0 Å². The fourth-order valence-electron chi connectivity index (χ4n) is 1.56. The number of nitrogens with zero attached hydrogens (tertiary/aromatic N) is 1. The Labute approximate surface area is 108 Å². The lowest BCUT2D eigenvalue weighted by atomic mass is 9.88. The maximum Gasteiger partial charge on any atom is 0.144 e. The lowest BCUT2D eigenvalue weighted by Crippen LogP contribution is -2.33. The lowest BCUT2D eigenvalue weighted by Gasteiger charge is -2.23. The molecule has 18 heavy (non-hydrogen) atoms. The summed E-state index contributed by atoms with van der Waals surface area (Å²) in [6.45, 7) is 8.48. The Balaban J connectivity index is 2.60. The summed E-state index contributed by atoms with van der Waals surface area (Å²) < 4.78 is 5.76. The van der Waals surface area contributed by atoms with Crippen LogP contribution in [0.25, 0.3) is 0 Å². The largest absolute Gasteiger partial charge is 0.493 e. The molecule has 0 radical (unpaired) electrons. The van der Waals surface area contributed by atoms with E-state index in [0.29, 0.717) is 13.0 Å². The van der Waals surface area contributed by atoms with E-state index < -0.39 is 0 Å². The Kier molecular flexibility index (Phi) is 4.59. The van der Waals surface area contributed by atoms with Crippen LogP contribution in [0.2, 0.25) is 0 Å². The predicted molar refractivity (Wildman–Crippen MR) is 73.2 cm³/mol. The van der Waals surface area contributed by atoms with Gasteiger partial charge in [-0.3, -0.25) is 0 Å². The molecule has 0 aliphatic heterocycles. The number of hydrogen-bond donors (Lipinski definition) is 2. The zero-order valence-electron chi connectivity index (χ0n) is 11.5. The first kappa shape index (κ1) is 14.4. The van der Waals surface area contributed by atoms with Crippen molar-refractivity contribution >= 4 is 5.84 Å². The Morgan fingerprint density at radius 2 is 2.06 bits per heavy atom. The number of benzene rings is 1. The van der Waals surface area contributed by atoms with E-state index in [9.17, 15) is 0 Å². The molecule has 4 nitrogen and oxygen atoms in total. The first-order valence-corrected chi connectivity index (χ1v) is 6.05. The molecule has 3 N–H and O–H groups in total. The summed E-state index contributed by atoms with van der Waals surface area (Å²) in [7, 11) is 0. The number of amidine groups is 1. The molecule has 4 heteroatoms. The predicted octanol–water partition coefficient (Wildman–Crippen LogP) is 2.84. The minimum Gasteiger partial charge on any atom is -0.493 e. The van der Waals surface area contributed by atoms with E-state index in [2.05, 4.69) is 18.1 Å². The van der Waals surface area contributed by atoms with Gasteiger partial charge in [0.25, 0.3) is 0 Å². The second-order valence-corrected chi connectivity index (χ2v) is 5.17. The van der Waals surface area contributed by atoms with Crippen LogP contribution in [-0.2, 0) is 0 Å². The molecule has 0 unspecified atom stereocenters. The third-order valence-corrected chi connectivity index (χ3v) is 3.34. The van der Waals surface area contributed by atoms with Gasteiger partial charge in [0.05, 0.1) is 6.61 Å². The first-order valence-electron chi connectivity index (χ1n) is 6.05. The second kappa shape index (κ2) is 5.76. The van der Waals surface area contributed by atoms with Crippen LogP contribution in [0.1, 0.15) is 31.4 Å². The topological polar surface area (TPSA) is 67.8 Å². The second-order valence-electron chi connectivity index (χ2n) is 5.17. The average molecular weight is 250 g/mol. The summed E-state index contributed by atoms with van der Waals surface area (Å²) in [5, 5.41) is 11.7. The van der Waals surface area contributed by atoms with Crippen molar-refractivity contribution in [3.05, 3.63) is 29.3 Å². The van der Waals surface area contributed by atoms with E-state index in [1.807, 2.05) is 32.9 Å². The SMILES string of the molecule is Cc1cccc(OCCC(C)(C)C(N)=NO)c1C. The Hall–Kier alpha value is -1.71. The molecular weight excluding hydrogens is 228 g/mol. The van der Waals surface area contributed by atoms with Crippen LogP contribution in [0.5, 0.6) is 5.75 Å². The molecule has 0 amide bonds. The highest BCUT2D eigenvalue weighted by Gasteiger charge is 2.23. The van der Waals surface area contributed by atoms with Crippen LogP contribution in [0.4, 0.5) is 0 Å². The molecule has 0 spiro atoms. The Morgan fingerprint density at radius 1 is 1.39 bits per heavy atom. The maximum absolute atomic E-state index is 8.69. The molecule has 100 valence electrons. The van der Waals surface area contributed by atoms with Gasteiger partial charge >= 0.3 is 0 Å². The van der Waals surface area contributed by atoms with Crippen LogP contribution in [0, 0.1) is 19.3 Å². The fourth-order valence-corrected chi connectivity index (χ4v) is 1.56. The van der Waals surface area contributed by atoms with Crippen LogP contribution < -0.4 is 10.5 Å². The quantitative estimate of drug-likeness (QED) is 0.365. The molecule has 0 aliphatic rings. The van der Waals surface area contributed by atoms with Crippen LogP contribution in [-0.4, -0.2) is 17.6 Å². The van der Waals surface area contributed by atoms with E-state index in [4.69, 9.17) is 15.7 Å². The van der Waals surface area contributed by atoms with Gasteiger partial charge in [-0.15, -0.1) is 0 Å². The van der Waals surface area contributed by atoms with Crippen molar-refractivity contribution in [2.75, 3.05) is 6.61 Å². The van der Waals surface area contributed by atoms with Gasteiger partial charge in [0.1, 0.15) is 11.6 Å². The minimum absolute atomic E-state index is 0.229. The molecular formula is C14H22N2O2. The maximum atomic E-state index is 8.69. The summed E-state index contributed by atoms with van der Waals surface area (Å²) in [5.74, 6) is 1.12. The van der Waals surface area contributed by atoms with Gasteiger partial charge in [0.15, 0.2) is 0 Å². The van der Waals surface area contributed by atoms with Gasteiger partial charge < -0.3 is 15.7 Å². The standard InChI is InChI=1S/C14H22N2O2/c1-10-6-5-7-12(11(10)2)18-9-8-14(3,4)13(15)16-17/h5-7,17H,8-9H2,1-4H3,(H2,15,16). The van der Waals surface area contributed by atoms with Gasteiger partial charge in [-0.05, 0) is 37.5 Å². The average Bonchev–Trinajstić information content (AvgIpc) is 2.33. The Bertz CT molecular complexity index is 439. The van der Waals surface area contributed by atoms with Crippen molar-refractivity contribution in [1.82, 2.24) is 0 Å². The van der Waals surface area contributed by atoms with E-state index in [1.54, 1.807) is 0 Å². The summed E-state index contributed by atoms with van der Waals surface area (Å²) in [6, 6.07) is 5.99. The molecule has 0 aromatic heterocycles. The Morgan fingerprint density at radius 3 is 2.67 bits per heavy atom. The summed E-state index contributed by atoms with van der Waals surface area (Å²) in [4.78, 5) is 0. The third kappa shape index (κ3) is 3.39. The lowest BCUT2D eigenvalue weighted by molar-refractivity contribution is 0.258. The van der Waals surface area contributed by atoms with Crippen LogP contribution >= 0.6 is 0 Å². The zero-order chi connectivity index (χ0) is 13.8. The molecule has 0 saturated carbocycles. The molecule has 0 aliphatic carbocycles. The zero-order valence-corrected chi connectivity index (χ0v) is 11.5. The number of rotatable bonds is 5. The summed E-state index contributed by atoms with van der Waals surface area (Å²) in [6.07, 6.45) is 0.691. The summed E-state index contributed by atoms with van der Waals surface area (Å²) in [5.41, 5.74) is 7.62. The van der Waals surface area contributed by atoms with Crippen molar-refractivity contribution in [1.29, 1.82) is 0 Å². The van der Waals surface area contributed by atoms with Crippen LogP contribution in [0.3, 0.4) is 0 Å². The molecule has 1 aromatic carbocycles. The van der Waals surface area contributed by atoms with Crippen molar-refractivity contribution < 1.29 is 9.94 Å². The van der Waals surface area contributed by atoms with Gasteiger partial charge in [0, 0.05) is 5.41 Å². The highest BCUT2D eigenvalue weighted by molar-refractivity contribution is 5.85. The van der Waals surface area contributed by atoms with Crippen molar-refractivity contribution in [2.45, 2.75) is 34.1 Å². The molecule has 1 aromatic rings. The van der Waals surface area contributed by atoms with Crippen LogP contribution in [0.15, 0.2) is 23.4 Å². The highest BCUT2D eigenvalue weighted by atomic mass is 16.5. The molecule has 0 saturated heterocycles. The van der Waals surface area contributed by atoms with Gasteiger partial charge in [-0.25, -0.2) is 0 Å². The first-order chi connectivity index (χ1) is 8.38.